The predicted molar refractivity (Wildman–Crippen MR) is 128 cm³/mol. The van der Waals surface area contributed by atoms with Gasteiger partial charge in [0.1, 0.15) is 0 Å². The Morgan fingerprint density at radius 2 is 1.72 bits per heavy atom. The van der Waals surface area contributed by atoms with Gasteiger partial charge in [0.25, 0.3) is 0 Å². The average molecular weight is 439 g/mol. The SMILES string of the molecule is CC[C@H]1CC2C3CCC(CCCc4nnc(C5CC5)o4)C3(C)CC[C@@H]2C2(C)CCCCC12. The Balaban J connectivity index is 1.13. The molecule has 0 spiro atoms. The molecule has 8 atom stereocenters. The van der Waals surface area contributed by atoms with E-state index in [4.69, 9.17) is 4.42 Å². The first kappa shape index (κ1) is 21.7. The normalized spacial score (nSPS) is 45.8. The summed E-state index contributed by atoms with van der Waals surface area (Å²) in [4.78, 5) is 0. The van der Waals surface area contributed by atoms with Gasteiger partial charge in [0.05, 0.1) is 0 Å². The van der Waals surface area contributed by atoms with Crippen molar-refractivity contribution >= 4 is 0 Å². The number of fused-ring (bicyclic) bond motifs is 5. The lowest BCUT2D eigenvalue weighted by atomic mass is 9.42. The summed E-state index contributed by atoms with van der Waals surface area (Å²) >= 11 is 0. The van der Waals surface area contributed by atoms with E-state index in [1.807, 2.05) is 0 Å². The molecule has 32 heavy (non-hydrogen) atoms. The smallest absolute Gasteiger partial charge is 0.219 e. The molecule has 1 aromatic heterocycles. The van der Waals surface area contributed by atoms with Crippen LogP contribution in [0.3, 0.4) is 0 Å². The molecule has 1 heterocycles. The van der Waals surface area contributed by atoms with Crippen LogP contribution >= 0.6 is 0 Å². The summed E-state index contributed by atoms with van der Waals surface area (Å²) < 4.78 is 5.94. The molecule has 6 unspecified atom stereocenters. The Kier molecular flexibility index (Phi) is 5.50. The first-order valence-corrected chi connectivity index (χ1v) is 14.3. The topological polar surface area (TPSA) is 38.9 Å². The van der Waals surface area contributed by atoms with Gasteiger partial charge in [0.2, 0.25) is 11.8 Å². The van der Waals surface area contributed by atoms with Gasteiger partial charge in [-0.3, -0.25) is 0 Å². The molecular weight excluding hydrogens is 392 g/mol. The third-order valence-corrected chi connectivity index (χ3v) is 11.8. The summed E-state index contributed by atoms with van der Waals surface area (Å²) in [7, 11) is 0. The Labute approximate surface area is 195 Å². The van der Waals surface area contributed by atoms with Crippen LogP contribution in [0.1, 0.15) is 128 Å². The van der Waals surface area contributed by atoms with Crippen molar-refractivity contribution in [3.05, 3.63) is 11.8 Å². The minimum atomic E-state index is 0.578. The summed E-state index contributed by atoms with van der Waals surface area (Å²) in [5.74, 6) is 8.34. The van der Waals surface area contributed by atoms with E-state index in [0.29, 0.717) is 16.7 Å². The highest BCUT2D eigenvalue weighted by molar-refractivity contribution is 5.10. The molecule has 6 rings (SSSR count). The van der Waals surface area contributed by atoms with Gasteiger partial charge >= 0.3 is 0 Å². The Bertz CT molecular complexity index is 814. The zero-order valence-electron chi connectivity index (χ0n) is 21.0. The van der Waals surface area contributed by atoms with Crippen molar-refractivity contribution in [1.29, 1.82) is 0 Å². The number of hydrogen-bond donors (Lipinski definition) is 0. The molecule has 0 aliphatic heterocycles. The summed E-state index contributed by atoms with van der Waals surface area (Å²) in [6.45, 7) is 7.94. The van der Waals surface area contributed by atoms with Gasteiger partial charge in [0, 0.05) is 12.3 Å². The Hall–Kier alpha value is -0.860. The lowest BCUT2D eigenvalue weighted by Gasteiger charge is -2.62. The Morgan fingerprint density at radius 1 is 0.875 bits per heavy atom. The van der Waals surface area contributed by atoms with Crippen molar-refractivity contribution in [3.8, 4) is 0 Å². The van der Waals surface area contributed by atoms with E-state index in [-0.39, 0.29) is 0 Å². The summed E-state index contributed by atoms with van der Waals surface area (Å²) in [6.07, 6.45) is 21.1. The summed E-state index contributed by atoms with van der Waals surface area (Å²) in [5, 5.41) is 8.63. The van der Waals surface area contributed by atoms with E-state index in [1.165, 1.54) is 83.5 Å². The molecule has 0 amide bonds. The maximum Gasteiger partial charge on any atom is 0.219 e. The number of nitrogens with zero attached hydrogens (tertiary/aromatic N) is 2. The monoisotopic (exact) mass is 438 g/mol. The molecule has 0 radical (unpaired) electrons. The molecule has 0 bridgehead atoms. The van der Waals surface area contributed by atoms with Gasteiger partial charge in [-0.15, -0.1) is 10.2 Å². The van der Waals surface area contributed by atoms with E-state index < -0.39 is 0 Å². The molecule has 3 heteroatoms. The number of hydrogen-bond acceptors (Lipinski definition) is 3. The van der Waals surface area contributed by atoms with E-state index in [1.54, 1.807) is 6.42 Å². The largest absolute Gasteiger partial charge is 0.425 e. The van der Waals surface area contributed by atoms with E-state index in [2.05, 4.69) is 31.0 Å². The maximum atomic E-state index is 5.94. The van der Waals surface area contributed by atoms with Crippen molar-refractivity contribution in [1.82, 2.24) is 10.2 Å². The van der Waals surface area contributed by atoms with Gasteiger partial charge in [0.15, 0.2) is 0 Å². The van der Waals surface area contributed by atoms with Crippen LogP contribution in [0.5, 0.6) is 0 Å². The number of aromatic nitrogens is 2. The second-order valence-corrected chi connectivity index (χ2v) is 13.2. The van der Waals surface area contributed by atoms with Crippen LogP contribution < -0.4 is 0 Å². The number of rotatable bonds is 6. The summed E-state index contributed by atoms with van der Waals surface area (Å²) in [5.41, 5.74) is 1.24. The van der Waals surface area contributed by atoms with Crippen molar-refractivity contribution in [2.75, 3.05) is 0 Å². The molecular formula is C29H46N2O. The third kappa shape index (κ3) is 3.42. The van der Waals surface area contributed by atoms with Crippen molar-refractivity contribution < 1.29 is 4.42 Å². The summed E-state index contributed by atoms with van der Waals surface area (Å²) in [6, 6.07) is 0. The van der Waals surface area contributed by atoms with Crippen LogP contribution in [0.4, 0.5) is 0 Å². The fourth-order valence-corrected chi connectivity index (χ4v) is 9.97. The molecule has 5 aliphatic rings. The molecule has 0 N–H and O–H groups in total. The second kappa shape index (κ2) is 8.12. The van der Waals surface area contributed by atoms with E-state index >= 15 is 0 Å². The number of aryl methyl sites for hydroxylation is 1. The minimum absolute atomic E-state index is 0.578. The quantitative estimate of drug-likeness (QED) is 0.452. The Morgan fingerprint density at radius 3 is 2.53 bits per heavy atom. The zero-order chi connectivity index (χ0) is 21.9. The zero-order valence-corrected chi connectivity index (χ0v) is 21.0. The van der Waals surface area contributed by atoms with Crippen molar-refractivity contribution in [2.24, 2.45) is 46.3 Å². The molecule has 0 saturated heterocycles. The van der Waals surface area contributed by atoms with Crippen LogP contribution in [0.15, 0.2) is 4.42 Å². The predicted octanol–water partition coefficient (Wildman–Crippen LogP) is 7.95. The van der Waals surface area contributed by atoms with Crippen molar-refractivity contribution in [3.63, 3.8) is 0 Å². The molecule has 3 nitrogen and oxygen atoms in total. The average Bonchev–Trinajstić information content (AvgIpc) is 3.44. The first-order chi connectivity index (χ1) is 15.5. The highest BCUT2D eigenvalue weighted by atomic mass is 16.4. The molecule has 5 aliphatic carbocycles. The molecule has 1 aromatic rings. The van der Waals surface area contributed by atoms with Gasteiger partial charge in [-0.25, -0.2) is 0 Å². The molecule has 0 aromatic carbocycles. The van der Waals surface area contributed by atoms with Crippen molar-refractivity contribution in [2.45, 2.75) is 123 Å². The molecule has 5 saturated carbocycles. The lowest BCUT2D eigenvalue weighted by Crippen LogP contribution is -2.55. The fraction of sp³-hybridized carbons (Fsp3) is 0.931. The highest BCUT2D eigenvalue weighted by Gasteiger charge is 2.60. The van der Waals surface area contributed by atoms with Gasteiger partial charge in [-0.2, -0.15) is 0 Å². The molecule has 178 valence electrons. The third-order valence-electron chi connectivity index (χ3n) is 11.8. The van der Waals surface area contributed by atoms with Gasteiger partial charge in [-0.05, 0) is 117 Å². The van der Waals surface area contributed by atoms with Crippen LogP contribution in [-0.4, -0.2) is 10.2 Å². The van der Waals surface area contributed by atoms with Crippen LogP contribution in [0.25, 0.3) is 0 Å². The van der Waals surface area contributed by atoms with Crippen LogP contribution in [-0.2, 0) is 6.42 Å². The highest BCUT2D eigenvalue weighted by Crippen LogP contribution is 2.69. The van der Waals surface area contributed by atoms with E-state index in [9.17, 15) is 0 Å². The lowest BCUT2D eigenvalue weighted by molar-refractivity contribution is -0.135. The van der Waals surface area contributed by atoms with Crippen LogP contribution in [0, 0.1) is 46.3 Å². The standard InChI is InChI=1S/C29H46N2O/c1-4-19-18-22-24-14-13-21(8-7-10-26-30-31-27(32-26)20-11-12-20)28(24,2)17-15-25(22)29(3)16-6-5-9-23(19)29/h19-25H,4-18H2,1-3H3/t19-,21?,22?,23?,24?,25-,28?,29?/m0/s1. The minimum Gasteiger partial charge on any atom is -0.425 e. The maximum absolute atomic E-state index is 5.94. The fourth-order valence-electron chi connectivity index (χ4n) is 9.97. The van der Waals surface area contributed by atoms with Gasteiger partial charge < -0.3 is 4.42 Å². The van der Waals surface area contributed by atoms with Crippen LogP contribution in [0.2, 0.25) is 0 Å². The first-order valence-electron chi connectivity index (χ1n) is 14.3. The van der Waals surface area contributed by atoms with Gasteiger partial charge in [-0.1, -0.05) is 40.0 Å². The van der Waals surface area contributed by atoms with E-state index in [0.717, 1.165) is 53.7 Å². The molecule has 5 fully saturated rings. The second-order valence-electron chi connectivity index (χ2n) is 13.2.